The van der Waals surface area contributed by atoms with Gasteiger partial charge in [-0.1, -0.05) is 23.2 Å². The van der Waals surface area contributed by atoms with Crippen LogP contribution in [0.25, 0.3) is 0 Å². The molecule has 108 valence electrons. The lowest BCUT2D eigenvalue weighted by atomic mass is 9.93. The number of hydrogen-bond donors (Lipinski definition) is 1. The zero-order valence-electron chi connectivity index (χ0n) is 10.7. The number of amides is 1. The molecule has 1 unspecified atom stereocenters. The molecule has 1 saturated heterocycles. The smallest absolute Gasteiger partial charge is 0.348 e. The Morgan fingerprint density at radius 2 is 1.95 bits per heavy atom. The molecule has 0 radical (unpaired) electrons. The van der Waals surface area contributed by atoms with E-state index in [1.165, 1.54) is 12.1 Å². The topological polar surface area (TPSA) is 64.6 Å². The lowest BCUT2D eigenvalue weighted by Crippen LogP contribution is -2.59. The van der Waals surface area contributed by atoms with Crippen LogP contribution in [0.2, 0.25) is 10.0 Å². The Morgan fingerprint density at radius 1 is 1.35 bits per heavy atom. The maximum Gasteiger partial charge on any atom is 0.348 e. The summed E-state index contributed by atoms with van der Waals surface area (Å²) in [4.78, 5) is 24.1. The number of esters is 1. The molecule has 1 heterocycles. The summed E-state index contributed by atoms with van der Waals surface area (Å²) in [6.45, 7) is 2.18. The summed E-state index contributed by atoms with van der Waals surface area (Å²) in [6.07, 6.45) is 0.284. The molecule has 0 saturated carbocycles. The summed E-state index contributed by atoms with van der Waals surface area (Å²) in [5.74, 6) is -1.27. The maximum absolute atomic E-state index is 12.2. The predicted octanol–water partition coefficient (Wildman–Crippen LogP) is 2.65. The Morgan fingerprint density at radius 3 is 2.40 bits per heavy atom. The van der Waals surface area contributed by atoms with Crippen molar-refractivity contribution in [2.45, 2.75) is 18.9 Å². The van der Waals surface area contributed by atoms with Gasteiger partial charge in [0.2, 0.25) is 5.60 Å². The molecule has 7 heteroatoms. The minimum atomic E-state index is -1.56. The van der Waals surface area contributed by atoms with E-state index in [9.17, 15) is 9.59 Å². The van der Waals surface area contributed by atoms with E-state index in [1.807, 2.05) is 0 Å². The van der Waals surface area contributed by atoms with Crippen LogP contribution in [0.3, 0.4) is 0 Å². The van der Waals surface area contributed by atoms with Crippen molar-refractivity contribution in [3.63, 3.8) is 0 Å². The first-order valence-electron chi connectivity index (χ1n) is 6.06. The fourth-order valence-electron chi connectivity index (χ4n) is 1.84. The highest BCUT2D eigenvalue weighted by Gasteiger charge is 2.54. The van der Waals surface area contributed by atoms with Crippen molar-refractivity contribution in [3.05, 3.63) is 28.2 Å². The molecule has 1 N–H and O–H groups in total. The predicted molar refractivity (Wildman–Crippen MR) is 75.0 cm³/mol. The molecule has 1 amide bonds. The van der Waals surface area contributed by atoms with Crippen molar-refractivity contribution in [1.29, 1.82) is 0 Å². The summed E-state index contributed by atoms with van der Waals surface area (Å²) in [7, 11) is 0. The first-order valence-corrected chi connectivity index (χ1v) is 6.82. The Kier molecular flexibility index (Phi) is 4.52. The van der Waals surface area contributed by atoms with Crippen LogP contribution in [-0.4, -0.2) is 30.7 Å². The van der Waals surface area contributed by atoms with Gasteiger partial charge in [-0.15, -0.1) is 0 Å². The van der Waals surface area contributed by atoms with Gasteiger partial charge < -0.3 is 14.8 Å². The van der Waals surface area contributed by atoms with E-state index >= 15 is 0 Å². The van der Waals surface area contributed by atoms with Gasteiger partial charge in [-0.3, -0.25) is 4.79 Å². The molecule has 0 spiro atoms. The number of carbonyl (C=O) groups is 2. The molecular formula is C13H13Cl2NO4. The molecule has 0 aromatic heterocycles. The van der Waals surface area contributed by atoms with E-state index < -0.39 is 17.5 Å². The normalized spacial score (nSPS) is 20.9. The number of hydrogen-bond acceptors (Lipinski definition) is 4. The highest BCUT2D eigenvalue weighted by atomic mass is 35.5. The minimum Gasteiger partial charge on any atom is -0.463 e. The van der Waals surface area contributed by atoms with Crippen molar-refractivity contribution in [2.24, 2.45) is 0 Å². The molecular weight excluding hydrogens is 305 g/mol. The Bertz CT molecular complexity index is 523. The van der Waals surface area contributed by atoms with Gasteiger partial charge in [-0.05, 0) is 25.1 Å². The molecule has 1 aliphatic rings. The summed E-state index contributed by atoms with van der Waals surface area (Å²) in [6, 6.07) is 4.60. The van der Waals surface area contributed by atoms with Crippen LogP contribution in [-0.2, 0) is 19.1 Å². The van der Waals surface area contributed by atoms with E-state index in [1.54, 1.807) is 13.0 Å². The number of benzene rings is 1. The number of nitrogens with one attached hydrogen (secondary N) is 1. The summed E-state index contributed by atoms with van der Waals surface area (Å²) >= 11 is 11.7. The molecule has 1 fully saturated rings. The van der Waals surface area contributed by atoms with Crippen molar-refractivity contribution >= 4 is 40.8 Å². The van der Waals surface area contributed by atoms with E-state index in [0.717, 1.165) is 0 Å². The lowest BCUT2D eigenvalue weighted by molar-refractivity contribution is -0.199. The van der Waals surface area contributed by atoms with Crippen molar-refractivity contribution < 1.29 is 19.1 Å². The van der Waals surface area contributed by atoms with E-state index in [4.69, 9.17) is 32.7 Å². The first-order chi connectivity index (χ1) is 9.48. The maximum atomic E-state index is 12.2. The van der Waals surface area contributed by atoms with E-state index in [2.05, 4.69) is 5.32 Å². The third-order valence-corrected chi connectivity index (χ3v) is 3.33. The fraction of sp³-hybridized carbons (Fsp3) is 0.385. The van der Waals surface area contributed by atoms with Crippen LogP contribution in [0, 0.1) is 0 Å². The van der Waals surface area contributed by atoms with Gasteiger partial charge in [0.1, 0.15) is 0 Å². The zero-order valence-corrected chi connectivity index (χ0v) is 12.3. The standard InChI is InChI=1S/C13H13Cl2NO4/c1-2-19-12(18)13(3-4-20-13)11(17)16-10-6-8(14)5-9(15)7-10/h5-7H,2-4H2,1H3,(H,16,17). The first kappa shape index (κ1) is 15.1. The molecule has 0 bridgehead atoms. The second-order valence-electron chi connectivity index (χ2n) is 4.26. The third kappa shape index (κ3) is 2.90. The van der Waals surface area contributed by atoms with Crippen LogP contribution in [0.4, 0.5) is 5.69 Å². The van der Waals surface area contributed by atoms with Crippen LogP contribution in [0.15, 0.2) is 18.2 Å². The van der Waals surface area contributed by atoms with E-state index in [0.29, 0.717) is 22.3 Å². The third-order valence-electron chi connectivity index (χ3n) is 2.89. The molecule has 0 aliphatic carbocycles. The number of carbonyl (C=O) groups excluding carboxylic acids is 2. The highest BCUT2D eigenvalue weighted by molar-refractivity contribution is 6.35. The quantitative estimate of drug-likeness (QED) is 0.685. The van der Waals surface area contributed by atoms with Gasteiger partial charge in [-0.2, -0.15) is 0 Å². The van der Waals surface area contributed by atoms with Crippen LogP contribution in [0.5, 0.6) is 0 Å². The highest BCUT2D eigenvalue weighted by Crippen LogP contribution is 2.31. The molecule has 1 aromatic rings. The van der Waals surface area contributed by atoms with Crippen molar-refractivity contribution in [1.82, 2.24) is 0 Å². The number of ether oxygens (including phenoxy) is 2. The molecule has 20 heavy (non-hydrogen) atoms. The summed E-state index contributed by atoms with van der Waals surface area (Å²) < 4.78 is 10.1. The van der Waals surface area contributed by atoms with Gasteiger partial charge in [-0.25, -0.2) is 4.79 Å². The van der Waals surface area contributed by atoms with Gasteiger partial charge in [0.15, 0.2) is 0 Å². The zero-order chi connectivity index (χ0) is 14.8. The molecule has 1 atom stereocenters. The van der Waals surface area contributed by atoms with Gasteiger partial charge in [0.25, 0.3) is 5.91 Å². The van der Waals surface area contributed by atoms with Gasteiger partial charge in [0, 0.05) is 22.2 Å². The molecule has 1 aromatic carbocycles. The second kappa shape index (κ2) is 5.99. The largest absolute Gasteiger partial charge is 0.463 e. The van der Waals surface area contributed by atoms with Gasteiger partial charge in [0.05, 0.1) is 13.2 Å². The Hall–Kier alpha value is -1.30. The molecule has 5 nitrogen and oxygen atoms in total. The monoisotopic (exact) mass is 317 g/mol. The fourth-order valence-corrected chi connectivity index (χ4v) is 2.37. The summed E-state index contributed by atoms with van der Waals surface area (Å²) in [5, 5.41) is 3.34. The lowest BCUT2D eigenvalue weighted by Gasteiger charge is -2.37. The van der Waals surface area contributed by atoms with Crippen LogP contribution >= 0.6 is 23.2 Å². The van der Waals surface area contributed by atoms with E-state index in [-0.39, 0.29) is 13.0 Å². The van der Waals surface area contributed by atoms with Crippen LogP contribution in [0.1, 0.15) is 13.3 Å². The second-order valence-corrected chi connectivity index (χ2v) is 5.13. The van der Waals surface area contributed by atoms with Gasteiger partial charge >= 0.3 is 5.97 Å². The number of anilines is 1. The van der Waals surface area contributed by atoms with Crippen molar-refractivity contribution in [2.75, 3.05) is 18.5 Å². The number of halogens is 2. The molecule has 2 rings (SSSR count). The number of rotatable bonds is 4. The Labute approximate surface area is 126 Å². The SMILES string of the molecule is CCOC(=O)C1(C(=O)Nc2cc(Cl)cc(Cl)c2)CCO1. The Balaban J connectivity index is 2.15. The summed E-state index contributed by atoms with van der Waals surface area (Å²) in [5.41, 5.74) is -1.17. The average Bonchev–Trinajstić information content (AvgIpc) is 2.25. The van der Waals surface area contributed by atoms with Crippen LogP contribution < -0.4 is 5.32 Å². The molecule has 1 aliphatic heterocycles. The minimum absolute atomic E-state index is 0.181. The average molecular weight is 318 g/mol. The van der Waals surface area contributed by atoms with Crippen molar-refractivity contribution in [3.8, 4) is 0 Å².